The van der Waals surface area contributed by atoms with Crippen molar-refractivity contribution in [2.45, 2.75) is 6.61 Å². The van der Waals surface area contributed by atoms with E-state index in [0.717, 1.165) is 5.56 Å². The van der Waals surface area contributed by atoms with Crippen LogP contribution in [0.5, 0.6) is 0 Å². The minimum absolute atomic E-state index is 0.00467. The maximum atomic E-state index is 10.7. The second kappa shape index (κ2) is 5.05. The number of hydrogen-bond acceptors (Lipinski definition) is 3. The van der Waals surface area contributed by atoms with Crippen LogP contribution in [0.2, 0.25) is 0 Å². The largest absolute Gasteiger partial charge is 0.459 e. The van der Waals surface area contributed by atoms with Crippen molar-refractivity contribution >= 4 is 5.97 Å². The van der Waals surface area contributed by atoms with Crippen LogP contribution in [0, 0.1) is 11.8 Å². The van der Waals surface area contributed by atoms with Gasteiger partial charge in [0.15, 0.2) is 0 Å². The molecule has 14 heavy (non-hydrogen) atoms. The molecule has 0 bridgehead atoms. The first-order valence-electron chi connectivity index (χ1n) is 4.06. The van der Waals surface area contributed by atoms with E-state index >= 15 is 0 Å². The van der Waals surface area contributed by atoms with Crippen LogP contribution in [0.3, 0.4) is 0 Å². The van der Waals surface area contributed by atoms with Crippen molar-refractivity contribution in [2.24, 2.45) is 0 Å². The number of esters is 1. The van der Waals surface area contributed by atoms with Gasteiger partial charge in [0, 0.05) is 11.5 Å². The first-order valence-corrected chi connectivity index (χ1v) is 4.06. The van der Waals surface area contributed by atoms with E-state index < -0.39 is 5.97 Å². The highest BCUT2D eigenvalue weighted by Gasteiger charge is 1.92. The Labute approximate surface area is 82.3 Å². The van der Waals surface area contributed by atoms with Crippen LogP contribution in [0.15, 0.2) is 24.3 Å². The number of methoxy groups -OCH3 is 1. The Morgan fingerprint density at radius 2 is 2.07 bits per heavy atom. The molecule has 3 heteroatoms. The van der Waals surface area contributed by atoms with Gasteiger partial charge in [0.25, 0.3) is 0 Å². The molecule has 1 aromatic rings. The van der Waals surface area contributed by atoms with Crippen molar-refractivity contribution < 1.29 is 14.6 Å². The van der Waals surface area contributed by atoms with Gasteiger partial charge < -0.3 is 9.84 Å². The number of carbonyl (C=O) groups is 1. The van der Waals surface area contributed by atoms with E-state index in [1.165, 1.54) is 7.11 Å². The number of aliphatic hydroxyl groups excluding tert-OH is 1. The van der Waals surface area contributed by atoms with Crippen LogP contribution in [-0.2, 0) is 16.1 Å². The Bertz CT molecular complexity index is 368. The molecule has 0 fully saturated rings. The van der Waals surface area contributed by atoms with Crippen molar-refractivity contribution in [3.8, 4) is 11.8 Å². The van der Waals surface area contributed by atoms with Gasteiger partial charge in [0.05, 0.1) is 13.7 Å². The van der Waals surface area contributed by atoms with E-state index in [9.17, 15) is 4.79 Å². The Hall–Kier alpha value is -1.79. The van der Waals surface area contributed by atoms with Crippen molar-refractivity contribution in [2.75, 3.05) is 7.11 Å². The van der Waals surface area contributed by atoms with Gasteiger partial charge in [-0.2, -0.15) is 0 Å². The van der Waals surface area contributed by atoms with Gasteiger partial charge in [-0.25, -0.2) is 4.79 Å². The van der Waals surface area contributed by atoms with Gasteiger partial charge in [-0.1, -0.05) is 18.1 Å². The fourth-order valence-electron chi connectivity index (χ4n) is 0.868. The number of carbonyl (C=O) groups excluding carboxylic acids is 1. The molecule has 0 aliphatic heterocycles. The monoisotopic (exact) mass is 190 g/mol. The van der Waals surface area contributed by atoms with E-state index in [4.69, 9.17) is 5.11 Å². The molecule has 0 saturated heterocycles. The summed E-state index contributed by atoms with van der Waals surface area (Å²) in [4.78, 5) is 10.7. The zero-order valence-corrected chi connectivity index (χ0v) is 7.78. The van der Waals surface area contributed by atoms with E-state index in [1.54, 1.807) is 24.3 Å². The first-order chi connectivity index (χ1) is 6.76. The lowest BCUT2D eigenvalue weighted by molar-refractivity contribution is -0.133. The highest BCUT2D eigenvalue weighted by molar-refractivity contribution is 5.88. The summed E-state index contributed by atoms with van der Waals surface area (Å²) in [5, 5.41) is 8.77. The third-order valence-electron chi connectivity index (χ3n) is 1.63. The molecule has 0 saturated carbocycles. The molecule has 0 heterocycles. The molecule has 0 radical (unpaired) electrons. The topological polar surface area (TPSA) is 46.5 Å². The Morgan fingerprint density at radius 1 is 1.43 bits per heavy atom. The number of rotatable bonds is 1. The normalized spacial score (nSPS) is 8.71. The standard InChI is InChI=1S/C11H10O3/c1-14-11(13)7-6-9-2-4-10(8-12)5-3-9/h2-5,12H,8H2,1H3. The van der Waals surface area contributed by atoms with Crippen LogP contribution in [0.4, 0.5) is 0 Å². The molecule has 1 rings (SSSR count). The number of aliphatic hydroxyl groups is 1. The summed E-state index contributed by atoms with van der Waals surface area (Å²) in [6.07, 6.45) is 0. The number of hydrogen-bond donors (Lipinski definition) is 1. The van der Waals surface area contributed by atoms with Crippen LogP contribution in [0.25, 0.3) is 0 Å². The predicted molar refractivity (Wildman–Crippen MR) is 51.3 cm³/mol. The van der Waals surface area contributed by atoms with Gasteiger partial charge in [0.2, 0.25) is 0 Å². The summed E-state index contributed by atoms with van der Waals surface area (Å²) in [5.41, 5.74) is 1.53. The lowest BCUT2D eigenvalue weighted by atomic mass is 10.1. The minimum Gasteiger partial charge on any atom is -0.459 e. The van der Waals surface area contributed by atoms with Gasteiger partial charge in [-0.15, -0.1) is 0 Å². The molecule has 0 spiro atoms. The molecule has 0 unspecified atom stereocenters. The summed E-state index contributed by atoms with van der Waals surface area (Å²) >= 11 is 0. The smallest absolute Gasteiger partial charge is 0.384 e. The van der Waals surface area contributed by atoms with Crippen LogP contribution in [-0.4, -0.2) is 18.2 Å². The van der Waals surface area contributed by atoms with E-state index in [2.05, 4.69) is 16.6 Å². The quantitative estimate of drug-likeness (QED) is 0.524. The summed E-state index contributed by atoms with van der Waals surface area (Å²) in [6.45, 7) is 0.00467. The highest BCUT2D eigenvalue weighted by atomic mass is 16.5. The van der Waals surface area contributed by atoms with Crippen molar-refractivity contribution in [1.29, 1.82) is 0 Å². The summed E-state index contributed by atoms with van der Waals surface area (Å²) in [6, 6.07) is 6.98. The second-order valence-corrected chi connectivity index (χ2v) is 2.60. The van der Waals surface area contributed by atoms with Crippen molar-refractivity contribution in [1.82, 2.24) is 0 Å². The maximum Gasteiger partial charge on any atom is 0.384 e. The first kappa shape index (κ1) is 10.3. The number of ether oxygens (including phenoxy) is 1. The van der Waals surface area contributed by atoms with E-state index in [1.807, 2.05) is 0 Å². The zero-order valence-electron chi connectivity index (χ0n) is 7.78. The maximum absolute atomic E-state index is 10.7. The Balaban J connectivity index is 2.76. The fourth-order valence-corrected chi connectivity index (χ4v) is 0.868. The molecule has 3 nitrogen and oxygen atoms in total. The van der Waals surface area contributed by atoms with Gasteiger partial charge >= 0.3 is 5.97 Å². The summed E-state index contributed by atoms with van der Waals surface area (Å²) in [7, 11) is 1.28. The molecular weight excluding hydrogens is 180 g/mol. The second-order valence-electron chi connectivity index (χ2n) is 2.60. The molecular formula is C11H10O3. The average Bonchev–Trinajstić information content (AvgIpc) is 2.26. The molecule has 1 N–H and O–H groups in total. The Morgan fingerprint density at radius 3 is 2.57 bits per heavy atom. The third-order valence-corrected chi connectivity index (χ3v) is 1.63. The average molecular weight is 190 g/mol. The van der Waals surface area contributed by atoms with E-state index in [-0.39, 0.29) is 6.61 Å². The molecule has 72 valence electrons. The van der Waals surface area contributed by atoms with Gasteiger partial charge in [-0.3, -0.25) is 0 Å². The van der Waals surface area contributed by atoms with Crippen molar-refractivity contribution in [3.05, 3.63) is 35.4 Å². The minimum atomic E-state index is -0.559. The van der Waals surface area contributed by atoms with Crippen molar-refractivity contribution in [3.63, 3.8) is 0 Å². The highest BCUT2D eigenvalue weighted by Crippen LogP contribution is 2.02. The van der Waals surface area contributed by atoms with Crippen LogP contribution >= 0.6 is 0 Å². The molecule has 0 atom stereocenters. The lowest BCUT2D eigenvalue weighted by Gasteiger charge is -1.94. The summed E-state index contributed by atoms with van der Waals surface area (Å²) in [5.74, 6) is 4.39. The summed E-state index contributed by atoms with van der Waals surface area (Å²) < 4.78 is 4.36. The van der Waals surface area contributed by atoms with Crippen LogP contribution < -0.4 is 0 Å². The van der Waals surface area contributed by atoms with Crippen LogP contribution in [0.1, 0.15) is 11.1 Å². The van der Waals surface area contributed by atoms with Gasteiger partial charge in [0.1, 0.15) is 0 Å². The molecule has 0 aliphatic carbocycles. The SMILES string of the molecule is COC(=O)C#Cc1ccc(CO)cc1. The third kappa shape index (κ3) is 2.92. The molecule has 0 amide bonds. The molecule has 0 aromatic heterocycles. The molecule has 0 aliphatic rings. The predicted octanol–water partition coefficient (Wildman–Crippen LogP) is 0.703. The lowest BCUT2D eigenvalue weighted by Crippen LogP contribution is -1.94. The zero-order chi connectivity index (χ0) is 10.4. The van der Waals surface area contributed by atoms with E-state index in [0.29, 0.717) is 5.56 Å². The Kier molecular flexibility index (Phi) is 3.71. The molecule has 1 aromatic carbocycles. The van der Waals surface area contributed by atoms with Gasteiger partial charge in [-0.05, 0) is 17.7 Å². The fraction of sp³-hybridized carbons (Fsp3) is 0.182. The number of benzene rings is 1.